The minimum atomic E-state index is 0.452. The standard InChI is InChI=1S/C9H15N5S/c1-2-3-7-8(15-14-13-7)9(12-10)11-6-4-5-6/h6H,2-5,10H2,1H3,(H,11,12). The molecule has 15 heavy (non-hydrogen) atoms. The summed E-state index contributed by atoms with van der Waals surface area (Å²) in [6.45, 7) is 2.12. The van der Waals surface area contributed by atoms with Gasteiger partial charge >= 0.3 is 0 Å². The highest BCUT2D eigenvalue weighted by atomic mass is 32.1. The first-order valence-corrected chi connectivity index (χ1v) is 5.98. The highest BCUT2D eigenvalue weighted by Gasteiger charge is 2.23. The molecule has 0 bridgehead atoms. The average molecular weight is 225 g/mol. The van der Waals surface area contributed by atoms with Gasteiger partial charge in [0.15, 0.2) is 5.84 Å². The van der Waals surface area contributed by atoms with E-state index in [1.807, 2.05) is 0 Å². The van der Waals surface area contributed by atoms with E-state index in [0.29, 0.717) is 6.04 Å². The van der Waals surface area contributed by atoms with E-state index < -0.39 is 0 Å². The Kier molecular flexibility index (Phi) is 3.27. The number of nitrogens with one attached hydrogen (secondary N) is 1. The van der Waals surface area contributed by atoms with E-state index in [-0.39, 0.29) is 0 Å². The SMILES string of the molecule is CCCc1nnsc1C(=NC1CC1)NN. The zero-order chi connectivity index (χ0) is 10.7. The summed E-state index contributed by atoms with van der Waals surface area (Å²) in [5.41, 5.74) is 3.65. The van der Waals surface area contributed by atoms with Gasteiger partial charge in [0.05, 0.1) is 11.7 Å². The number of rotatable bonds is 4. The third kappa shape index (κ3) is 2.51. The van der Waals surface area contributed by atoms with Gasteiger partial charge in [0, 0.05) is 0 Å². The van der Waals surface area contributed by atoms with Crippen LogP contribution in [0.2, 0.25) is 0 Å². The quantitative estimate of drug-likeness (QED) is 0.345. The van der Waals surface area contributed by atoms with Crippen LogP contribution in [0.3, 0.4) is 0 Å². The van der Waals surface area contributed by atoms with Crippen LogP contribution in [0.25, 0.3) is 0 Å². The average Bonchev–Trinajstić information content (AvgIpc) is 2.95. The third-order valence-electron chi connectivity index (χ3n) is 2.25. The molecule has 1 aliphatic carbocycles. The first-order valence-electron chi connectivity index (χ1n) is 5.21. The van der Waals surface area contributed by atoms with Crippen molar-refractivity contribution in [3.8, 4) is 0 Å². The van der Waals surface area contributed by atoms with E-state index in [1.54, 1.807) is 0 Å². The molecule has 1 aliphatic rings. The molecule has 0 amide bonds. The number of nitrogens with zero attached hydrogens (tertiary/aromatic N) is 3. The molecule has 1 saturated carbocycles. The molecule has 0 saturated heterocycles. The Balaban J connectivity index is 2.20. The normalized spacial score (nSPS) is 16.8. The number of hydrogen-bond donors (Lipinski definition) is 2. The van der Waals surface area contributed by atoms with Crippen molar-refractivity contribution in [2.75, 3.05) is 0 Å². The molecular weight excluding hydrogens is 210 g/mol. The molecule has 0 atom stereocenters. The molecule has 0 spiro atoms. The Bertz CT molecular complexity index is 355. The predicted octanol–water partition coefficient (Wildman–Crippen LogP) is 0.863. The van der Waals surface area contributed by atoms with E-state index in [0.717, 1.165) is 29.2 Å². The summed E-state index contributed by atoms with van der Waals surface area (Å²) in [4.78, 5) is 5.49. The molecule has 1 heterocycles. The van der Waals surface area contributed by atoms with Crippen molar-refractivity contribution >= 4 is 17.4 Å². The maximum absolute atomic E-state index is 5.48. The molecule has 0 unspecified atom stereocenters. The van der Waals surface area contributed by atoms with Gasteiger partial charge < -0.3 is 5.43 Å². The van der Waals surface area contributed by atoms with Crippen molar-refractivity contribution < 1.29 is 0 Å². The van der Waals surface area contributed by atoms with Gasteiger partial charge in [0.1, 0.15) is 4.88 Å². The van der Waals surface area contributed by atoms with Crippen LogP contribution < -0.4 is 11.3 Å². The fourth-order valence-corrected chi connectivity index (χ4v) is 2.00. The monoisotopic (exact) mass is 225 g/mol. The second-order valence-electron chi connectivity index (χ2n) is 3.65. The zero-order valence-corrected chi connectivity index (χ0v) is 9.55. The number of aromatic nitrogens is 2. The van der Waals surface area contributed by atoms with Crippen LogP contribution in [-0.2, 0) is 6.42 Å². The topological polar surface area (TPSA) is 76.2 Å². The van der Waals surface area contributed by atoms with E-state index in [2.05, 4.69) is 26.9 Å². The summed E-state index contributed by atoms with van der Waals surface area (Å²) >= 11 is 1.36. The van der Waals surface area contributed by atoms with Gasteiger partial charge in [-0.2, -0.15) is 0 Å². The van der Waals surface area contributed by atoms with Gasteiger partial charge in [-0.15, -0.1) is 5.10 Å². The lowest BCUT2D eigenvalue weighted by Crippen LogP contribution is -2.31. The summed E-state index contributed by atoms with van der Waals surface area (Å²) < 4.78 is 3.95. The summed E-state index contributed by atoms with van der Waals surface area (Å²) in [6.07, 6.45) is 4.32. The lowest BCUT2D eigenvalue weighted by molar-refractivity contribution is 0.863. The van der Waals surface area contributed by atoms with Crippen molar-refractivity contribution in [2.24, 2.45) is 10.8 Å². The predicted molar refractivity (Wildman–Crippen MR) is 60.8 cm³/mol. The van der Waals surface area contributed by atoms with Crippen LogP contribution in [0.4, 0.5) is 0 Å². The molecule has 6 heteroatoms. The highest BCUT2D eigenvalue weighted by Crippen LogP contribution is 2.25. The van der Waals surface area contributed by atoms with Crippen molar-refractivity contribution in [2.45, 2.75) is 38.6 Å². The molecule has 1 fully saturated rings. The fourth-order valence-electron chi connectivity index (χ4n) is 1.34. The Hall–Kier alpha value is -1.01. The molecule has 3 N–H and O–H groups in total. The highest BCUT2D eigenvalue weighted by molar-refractivity contribution is 7.08. The van der Waals surface area contributed by atoms with Crippen LogP contribution in [0, 0.1) is 0 Å². The fraction of sp³-hybridized carbons (Fsp3) is 0.667. The Labute approximate surface area is 92.9 Å². The van der Waals surface area contributed by atoms with E-state index in [4.69, 9.17) is 5.84 Å². The van der Waals surface area contributed by atoms with Crippen LogP contribution >= 0.6 is 11.5 Å². The molecule has 0 radical (unpaired) electrons. The van der Waals surface area contributed by atoms with Crippen molar-refractivity contribution in [1.82, 2.24) is 15.0 Å². The van der Waals surface area contributed by atoms with Crippen LogP contribution in [0.5, 0.6) is 0 Å². The number of hydrazine groups is 1. The van der Waals surface area contributed by atoms with Gasteiger partial charge in [-0.05, 0) is 30.8 Å². The van der Waals surface area contributed by atoms with Crippen molar-refractivity contribution in [3.05, 3.63) is 10.6 Å². The van der Waals surface area contributed by atoms with Gasteiger partial charge in [-0.25, -0.2) is 5.84 Å². The van der Waals surface area contributed by atoms with Gasteiger partial charge in [0.2, 0.25) is 0 Å². The molecule has 1 aromatic rings. The Morgan fingerprint density at radius 1 is 1.67 bits per heavy atom. The van der Waals surface area contributed by atoms with Gasteiger partial charge in [-0.3, -0.25) is 4.99 Å². The van der Waals surface area contributed by atoms with E-state index in [9.17, 15) is 0 Å². The van der Waals surface area contributed by atoms with Crippen LogP contribution in [-0.4, -0.2) is 21.5 Å². The molecule has 1 aromatic heterocycles. The van der Waals surface area contributed by atoms with Crippen molar-refractivity contribution in [3.63, 3.8) is 0 Å². The Morgan fingerprint density at radius 2 is 2.47 bits per heavy atom. The molecule has 2 rings (SSSR count). The lowest BCUT2D eigenvalue weighted by Gasteiger charge is -2.03. The zero-order valence-electron chi connectivity index (χ0n) is 8.73. The molecule has 5 nitrogen and oxygen atoms in total. The second-order valence-corrected chi connectivity index (χ2v) is 4.41. The molecule has 0 aromatic carbocycles. The minimum absolute atomic E-state index is 0.452. The summed E-state index contributed by atoms with van der Waals surface area (Å²) in [6, 6.07) is 0.452. The maximum Gasteiger partial charge on any atom is 0.156 e. The van der Waals surface area contributed by atoms with E-state index in [1.165, 1.54) is 24.4 Å². The Morgan fingerprint density at radius 3 is 3.07 bits per heavy atom. The number of aryl methyl sites for hydroxylation is 1. The summed E-state index contributed by atoms with van der Waals surface area (Å²) in [5.74, 6) is 6.22. The second kappa shape index (κ2) is 4.67. The lowest BCUT2D eigenvalue weighted by atomic mass is 10.2. The van der Waals surface area contributed by atoms with Gasteiger partial charge in [0.25, 0.3) is 0 Å². The first-order chi connectivity index (χ1) is 7.35. The van der Waals surface area contributed by atoms with Crippen LogP contribution in [0.1, 0.15) is 36.8 Å². The summed E-state index contributed by atoms with van der Waals surface area (Å²) in [7, 11) is 0. The molecule has 82 valence electrons. The van der Waals surface area contributed by atoms with Crippen molar-refractivity contribution in [1.29, 1.82) is 0 Å². The van der Waals surface area contributed by atoms with Gasteiger partial charge in [-0.1, -0.05) is 17.8 Å². The van der Waals surface area contributed by atoms with E-state index >= 15 is 0 Å². The smallest absolute Gasteiger partial charge is 0.156 e. The minimum Gasteiger partial charge on any atom is -0.307 e. The molecular formula is C9H15N5S. The molecule has 0 aliphatic heterocycles. The number of hydrogen-bond acceptors (Lipinski definition) is 5. The number of nitrogens with two attached hydrogens (primary N) is 1. The largest absolute Gasteiger partial charge is 0.307 e. The first kappa shape index (κ1) is 10.5. The maximum atomic E-state index is 5.48. The summed E-state index contributed by atoms with van der Waals surface area (Å²) in [5, 5.41) is 4.09. The number of amidine groups is 1. The third-order valence-corrected chi connectivity index (χ3v) is 3.03. The number of aliphatic imine (C=N–C) groups is 1. The van der Waals surface area contributed by atoms with Crippen LogP contribution in [0.15, 0.2) is 4.99 Å².